The number of carbonyl (C=O) groups is 2. The lowest BCUT2D eigenvalue weighted by Gasteiger charge is -2.38. The zero-order chi connectivity index (χ0) is 16.3. The van der Waals surface area contributed by atoms with Crippen molar-refractivity contribution in [3.63, 3.8) is 0 Å². The van der Waals surface area contributed by atoms with Gasteiger partial charge in [-0.3, -0.25) is 4.79 Å². The topological polar surface area (TPSA) is 66.8 Å². The molecule has 1 aromatic rings. The third-order valence-electron chi connectivity index (χ3n) is 3.99. The highest BCUT2D eigenvalue weighted by Crippen LogP contribution is 2.24. The van der Waals surface area contributed by atoms with Crippen LogP contribution in [0.1, 0.15) is 43.5 Å². The molecule has 1 heterocycles. The van der Waals surface area contributed by atoms with Crippen molar-refractivity contribution in [1.29, 1.82) is 0 Å². The number of likely N-dealkylation sites (tertiary alicyclic amines) is 1. The second-order valence-electron chi connectivity index (χ2n) is 5.67. The third-order valence-corrected chi connectivity index (χ3v) is 4.22. The summed E-state index contributed by atoms with van der Waals surface area (Å²) in [5.41, 5.74) is -0.00283. The molecule has 1 saturated heterocycles. The maximum Gasteiger partial charge on any atom is 0.342 e. The molecule has 1 aromatic carbocycles. The van der Waals surface area contributed by atoms with E-state index in [0.29, 0.717) is 5.02 Å². The minimum absolute atomic E-state index is 0.00283. The molecule has 2 atom stereocenters. The molecule has 0 aliphatic carbocycles. The summed E-state index contributed by atoms with van der Waals surface area (Å²) in [6.07, 6.45) is 3.02. The number of rotatable bonds is 3. The molecule has 0 spiro atoms. The van der Waals surface area contributed by atoms with Gasteiger partial charge in [0, 0.05) is 17.1 Å². The van der Waals surface area contributed by atoms with E-state index in [-0.39, 0.29) is 35.9 Å². The zero-order valence-corrected chi connectivity index (χ0v) is 13.5. The van der Waals surface area contributed by atoms with Crippen LogP contribution < -0.4 is 0 Å². The first-order valence-electron chi connectivity index (χ1n) is 7.37. The van der Waals surface area contributed by atoms with Crippen LogP contribution in [0.4, 0.5) is 0 Å². The SMILES string of the molecule is C[C@H]1CCC[C@H](C)N1C(=O)COC(=O)c1ccc(Cl)cc1O. The molecule has 6 heteroatoms. The van der Waals surface area contributed by atoms with Crippen molar-refractivity contribution in [1.82, 2.24) is 4.90 Å². The average Bonchev–Trinajstić information content (AvgIpc) is 2.44. The fourth-order valence-corrected chi connectivity index (χ4v) is 3.04. The lowest BCUT2D eigenvalue weighted by Crippen LogP contribution is -2.49. The molecule has 1 amide bonds. The van der Waals surface area contributed by atoms with Gasteiger partial charge in [-0.05, 0) is 51.3 Å². The highest BCUT2D eigenvalue weighted by Gasteiger charge is 2.29. The zero-order valence-electron chi connectivity index (χ0n) is 12.7. The Kier molecular flexibility index (Phi) is 5.29. The van der Waals surface area contributed by atoms with E-state index in [1.807, 2.05) is 13.8 Å². The van der Waals surface area contributed by atoms with Crippen LogP contribution in [-0.2, 0) is 9.53 Å². The number of phenolic OH excluding ortho intramolecular Hbond substituents is 1. The molecule has 0 unspecified atom stereocenters. The molecule has 0 bridgehead atoms. The highest BCUT2D eigenvalue weighted by atomic mass is 35.5. The molecule has 5 nitrogen and oxygen atoms in total. The number of hydrogen-bond donors (Lipinski definition) is 1. The summed E-state index contributed by atoms with van der Waals surface area (Å²) in [5.74, 6) is -1.20. The predicted molar refractivity (Wildman–Crippen MR) is 83.0 cm³/mol. The first-order valence-corrected chi connectivity index (χ1v) is 7.74. The number of esters is 1. The fourth-order valence-electron chi connectivity index (χ4n) is 2.87. The standard InChI is InChI=1S/C16H20ClNO4/c1-10-4-3-5-11(2)18(10)15(20)9-22-16(21)13-7-6-12(17)8-14(13)19/h6-8,10-11,19H,3-5,9H2,1-2H3/t10-,11-/m0/s1. The number of carbonyl (C=O) groups excluding carboxylic acids is 2. The van der Waals surface area contributed by atoms with Crippen molar-refractivity contribution >= 4 is 23.5 Å². The van der Waals surface area contributed by atoms with Gasteiger partial charge in [0.15, 0.2) is 6.61 Å². The number of aromatic hydroxyl groups is 1. The number of amides is 1. The summed E-state index contributed by atoms with van der Waals surface area (Å²) < 4.78 is 5.03. The van der Waals surface area contributed by atoms with Crippen molar-refractivity contribution in [2.45, 2.75) is 45.2 Å². The van der Waals surface area contributed by atoms with Gasteiger partial charge in [0.05, 0.1) is 0 Å². The summed E-state index contributed by atoms with van der Waals surface area (Å²) in [6, 6.07) is 4.41. The fraction of sp³-hybridized carbons (Fsp3) is 0.500. The van der Waals surface area contributed by atoms with E-state index in [0.717, 1.165) is 19.3 Å². The Bertz CT molecular complexity index is 565. The maximum absolute atomic E-state index is 12.3. The van der Waals surface area contributed by atoms with E-state index in [4.69, 9.17) is 16.3 Å². The molecule has 0 radical (unpaired) electrons. The van der Waals surface area contributed by atoms with Crippen LogP contribution in [0.3, 0.4) is 0 Å². The number of phenols is 1. The summed E-state index contributed by atoms with van der Waals surface area (Å²) in [5, 5.41) is 10.00. The number of halogens is 1. The summed E-state index contributed by atoms with van der Waals surface area (Å²) in [6.45, 7) is 3.68. The van der Waals surface area contributed by atoms with Crippen molar-refractivity contribution in [2.24, 2.45) is 0 Å². The van der Waals surface area contributed by atoms with E-state index in [2.05, 4.69) is 0 Å². The Labute approximate surface area is 134 Å². The predicted octanol–water partition coefficient (Wildman–Crippen LogP) is 2.99. The maximum atomic E-state index is 12.3. The largest absolute Gasteiger partial charge is 0.507 e. The van der Waals surface area contributed by atoms with Crippen LogP contribution in [0.2, 0.25) is 5.02 Å². The minimum atomic E-state index is -0.736. The second-order valence-corrected chi connectivity index (χ2v) is 6.10. The molecular weight excluding hydrogens is 306 g/mol. The molecule has 1 N–H and O–H groups in total. The Morgan fingerprint density at radius 2 is 1.95 bits per heavy atom. The highest BCUT2D eigenvalue weighted by molar-refractivity contribution is 6.30. The van der Waals surface area contributed by atoms with Crippen molar-refractivity contribution in [2.75, 3.05) is 6.61 Å². The number of hydrogen-bond acceptors (Lipinski definition) is 4. The molecule has 0 aromatic heterocycles. The average molecular weight is 326 g/mol. The number of benzene rings is 1. The van der Waals surface area contributed by atoms with Gasteiger partial charge < -0.3 is 14.7 Å². The van der Waals surface area contributed by atoms with Crippen LogP contribution in [0.15, 0.2) is 18.2 Å². The number of ether oxygens (including phenoxy) is 1. The van der Waals surface area contributed by atoms with Crippen molar-refractivity contribution in [3.05, 3.63) is 28.8 Å². The quantitative estimate of drug-likeness (QED) is 0.868. The van der Waals surface area contributed by atoms with E-state index in [1.54, 1.807) is 4.90 Å². The van der Waals surface area contributed by atoms with Crippen molar-refractivity contribution < 1.29 is 19.4 Å². The lowest BCUT2D eigenvalue weighted by molar-refractivity contribution is -0.140. The summed E-state index contributed by atoms with van der Waals surface area (Å²) in [4.78, 5) is 26.0. The molecule has 1 aliphatic rings. The minimum Gasteiger partial charge on any atom is -0.507 e. The molecule has 1 aliphatic heterocycles. The molecular formula is C16H20ClNO4. The van der Waals surface area contributed by atoms with Gasteiger partial charge in [-0.15, -0.1) is 0 Å². The number of nitrogens with zero attached hydrogens (tertiary/aromatic N) is 1. The normalized spacial score (nSPS) is 21.5. The molecule has 2 rings (SSSR count). The first-order chi connectivity index (χ1) is 10.4. The van der Waals surface area contributed by atoms with E-state index in [9.17, 15) is 14.7 Å². The van der Waals surface area contributed by atoms with Crippen LogP contribution in [0.25, 0.3) is 0 Å². The Balaban J connectivity index is 1.97. The molecule has 0 saturated carbocycles. The molecule has 1 fully saturated rings. The second kappa shape index (κ2) is 7.01. The Morgan fingerprint density at radius 1 is 1.32 bits per heavy atom. The summed E-state index contributed by atoms with van der Waals surface area (Å²) >= 11 is 5.71. The van der Waals surface area contributed by atoms with Gasteiger partial charge in [-0.1, -0.05) is 11.6 Å². The van der Waals surface area contributed by atoms with E-state index in [1.165, 1.54) is 18.2 Å². The monoisotopic (exact) mass is 325 g/mol. The molecule has 120 valence electrons. The van der Waals surface area contributed by atoms with Crippen LogP contribution in [-0.4, -0.2) is 40.6 Å². The van der Waals surface area contributed by atoms with Gasteiger partial charge in [0.25, 0.3) is 5.91 Å². The lowest BCUT2D eigenvalue weighted by atomic mass is 9.97. The molecule has 22 heavy (non-hydrogen) atoms. The van der Waals surface area contributed by atoms with Gasteiger partial charge >= 0.3 is 5.97 Å². The van der Waals surface area contributed by atoms with E-state index < -0.39 is 5.97 Å². The Hall–Kier alpha value is -1.75. The van der Waals surface area contributed by atoms with Gasteiger partial charge in [0.2, 0.25) is 0 Å². The smallest absolute Gasteiger partial charge is 0.342 e. The first kappa shape index (κ1) is 16.6. The Morgan fingerprint density at radius 3 is 2.55 bits per heavy atom. The van der Waals surface area contributed by atoms with Crippen LogP contribution >= 0.6 is 11.6 Å². The van der Waals surface area contributed by atoms with Crippen molar-refractivity contribution in [3.8, 4) is 5.75 Å². The van der Waals surface area contributed by atoms with Crippen LogP contribution in [0, 0.1) is 0 Å². The van der Waals surface area contributed by atoms with E-state index >= 15 is 0 Å². The number of piperidine rings is 1. The van der Waals surface area contributed by atoms with Crippen LogP contribution in [0.5, 0.6) is 5.75 Å². The van der Waals surface area contributed by atoms with Gasteiger partial charge in [-0.2, -0.15) is 0 Å². The summed E-state index contributed by atoms with van der Waals surface area (Å²) in [7, 11) is 0. The van der Waals surface area contributed by atoms with Gasteiger partial charge in [0.1, 0.15) is 11.3 Å². The van der Waals surface area contributed by atoms with Gasteiger partial charge in [-0.25, -0.2) is 4.79 Å². The third kappa shape index (κ3) is 3.71.